The molecule has 0 amide bonds. The Labute approximate surface area is 131 Å². The quantitative estimate of drug-likeness (QED) is 0.929. The van der Waals surface area contributed by atoms with E-state index in [1.54, 1.807) is 0 Å². The molecule has 0 bridgehead atoms. The van der Waals surface area contributed by atoms with Gasteiger partial charge in [-0.05, 0) is 50.1 Å². The van der Waals surface area contributed by atoms with Crippen molar-refractivity contribution >= 4 is 28.2 Å². The smallest absolute Gasteiger partial charge is 0.0737 e. The predicted octanol–water partition coefficient (Wildman–Crippen LogP) is 3.86. The lowest BCUT2D eigenvalue weighted by Gasteiger charge is -2.37. The summed E-state index contributed by atoms with van der Waals surface area (Å²) in [6, 6.07) is 8.71. The highest BCUT2D eigenvalue weighted by Gasteiger charge is 2.22. The predicted molar refractivity (Wildman–Crippen MR) is 90.3 cm³/mol. The van der Waals surface area contributed by atoms with Crippen molar-refractivity contribution in [3.8, 4) is 0 Å². The van der Waals surface area contributed by atoms with Gasteiger partial charge in [0.1, 0.15) is 0 Å². The van der Waals surface area contributed by atoms with E-state index in [9.17, 15) is 0 Å². The minimum absolute atomic E-state index is 0.569. The van der Waals surface area contributed by atoms with Crippen LogP contribution in [-0.2, 0) is 0 Å². The van der Waals surface area contributed by atoms with Crippen LogP contribution in [0.25, 0.3) is 10.9 Å². The summed E-state index contributed by atoms with van der Waals surface area (Å²) in [5.74, 6) is 0. The third-order valence-electron chi connectivity index (χ3n) is 4.17. The second-order valence-electron chi connectivity index (χ2n) is 5.69. The highest BCUT2D eigenvalue weighted by molar-refractivity contribution is 6.31. The van der Waals surface area contributed by atoms with Crippen LogP contribution in [0.5, 0.6) is 0 Å². The maximum Gasteiger partial charge on any atom is 0.0737 e. The summed E-state index contributed by atoms with van der Waals surface area (Å²) in [7, 11) is 0. The van der Waals surface area contributed by atoms with Gasteiger partial charge in [0.15, 0.2) is 0 Å². The van der Waals surface area contributed by atoms with Crippen molar-refractivity contribution < 1.29 is 0 Å². The van der Waals surface area contributed by atoms with Gasteiger partial charge in [-0.3, -0.25) is 4.98 Å². The molecule has 2 heterocycles. The van der Waals surface area contributed by atoms with Crippen LogP contribution in [0, 0.1) is 0 Å². The van der Waals surface area contributed by atoms with Crippen molar-refractivity contribution in [3.63, 3.8) is 0 Å². The SMILES string of the molecule is CCCN(c1ccnc2cc(Cl)ccc12)C1CCCNC1. The van der Waals surface area contributed by atoms with Gasteiger partial charge in [0.05, 0.1) is 5.52 Å². The van der Waals surface area contributed by atoms with E-state index in [-0.39, 0.29) is 0 Å². The number of benzene rings is 1. The Morgan fingerprint density at radius 3 is 3.05 bits per heavy atom. The van der Waals surface area contributed by atoms with Gasteiger partial charge in [-0.2, -0.15) is 0 Å². The minimum atomic E-state index is 0.569. The van der Waals surface area contributed by atoms with Crippen LogP contribution in [0.4, 0.5) is 5.69 Å². The molecule has 1 fully saturated rings. The Hall–Kier alpha value is -1.32. The molecule has 0 spiro atoms. The number of anilines is 1. The second-order valence-corrected chi connectivity index (χ2v) is 6.12. The van der Waals surface area contributed by atoms with Crippen molar-refractivity contribution in [2.24, 2.45) is 0 Å². The van der Waals surface area contributed by atoms with Crippen LogP contribution in [0.3, 0.4) is 0 Å². The van der Waals surface area contributed by atoms with E-state index < -0.39 is 0 Å². The molecule has 0 radical (unpaired) electrons. The molecule has 1 N–H and O–H groups in total. The van der Waals surface area contributed by atoms with E-state index in [0.29, 0.717) is 6.04 Å². The lowest BCUT2D eigenvalue weighted by Crippen LogP contribution is -2.46. The molecule has 0 saturated carbocycles. The summed E-state index contributed by atoms with van der Waals surface area (Å²) in [5.41, 5.74) is 2.26. The van der Waals surface area contributed by atoms with Gasteiger partial charge in [0.25, 0.3) is 0 Å². The van der Waals surface area contributed by atoms with Gasteiger partial charge < -0.3 is 10.2 Å². The van der Waals surface area contributed by atoms with Crippen molar-refractivity contribution in [1.82, 2.24) is 10.3 Å². The molecule has 4 heteroatoms. The monoisotopic (exact) mass is 303 g/mol. The maximum absolute atomic E-state index is 6.10. The molecule has 3 nitrogen and oxygen atoms in total. The number of aromatic nitrogens is 1. The third-order valence-corrected chi connectivity index (χ3v) is 4.40. The normalized spacial score (nSPS) is 18.9. The average Bonchev–Trinajstić information content (AvgIpc) is 2.53. The number of nitrogens with zero attached hydrogens (tertiary/aromatic N) is 2. The standard InChI is InChI=1S/C17H22ClN3/c1-2-10-21(14-4-3-8-19-12-14)17-7-9-20-16-11-13(18)5-6-15(16)17/h5-7,9,11,14,19H,2-4,8,10,12H2,1H3. The Kier molecular flexibility index (Phi) is 4.61. The first-order valence-corrected chi connectivity index (χ1v) is 8.19. The molecule has 1 saturated heterocycles. The third kappa shape index (κ3) is 3.14. The molecule has 112 valence electrons. The molecule has 1 aliphatic rings. The molecule has 3 rings (SSSR count). The summed E-state index contributed by atoms with van der Waals surface area (Å²) >= 11 is 6.10. The van der Waals surface area contributed by atoms with E-state index in [2.05, 4.69) is 34.3 Å². The van der Waals surface area contributed by atoms with Gasteiger partial charge in [0.2, 0.25) is 0 Å². The summed E-state index contributed by atoms with van der Waals surface area (Å²) in [5, 5.41) is 5.46. The Morgan fingerprint density at radius 2 is 2.29 bits per heavy atom. The van der Waals surface area contributed by atoms with Crippen LogP contribution in [-0.4, -0.2) is 30.7 Å². The lowest BCUT2D eigenvalue weighted by molar-refractivity contribution is 0.431. The number of nitrogens with one attached hydrogen (secondary N) is 1. The van der Waals surface area contributed by atoms with Crippen LogP contribution in [0.15, 0.2) is 30.5 Å². The number of hydrogen-bond acceptors (Lipinski definition) is 3. The van der Waals surface area contributed by atoms with Gasteiger partial charge >= 0.3 is 0 Å². The van der Waals surface area contributed by atoms with Crippen LogP contribution in [0.1, 0.15) is 26.2 Å². The molecule has 1 aliphatic heterocycles. The number of piperidine rings is 1. The molecule has 2 aromatic rings. The fourth-order valence-corrected chi connectivity index (χ4v) is 3.36. The van der Waals surface area contributed by atoms with E-state index in [1.165, 1.54) is 23.9 Å². The fraction of sp³-hybridized carbons (Fsp3) is 0.471. The number of halogens is 1. The van der Waals surface area contributed by atoms with Crippen molar-refractivity contribution in [1.29, 1.82) is 0 Å². The molecule has 1 unspecified atom stereocenters. The van der Waals surface area contributed by atoms with Crippen LogP contribution < -0.4 is 10.2 Å². The first-order chi connectivity index (χ1) is 10.3. The molecule has 1 aromatic heterocycles. The first-order valence-electron chi connectivity index (χ1n) is 7.81. The Bertz CT molecular complexity index is 608. The highest BCUT2D eigenvalue weighted by atomic mass is 35.5. The number of rotatable bonds is 4. The van der Waals surface area contributed by atoms with Gasteiger partial charge in [-0.15, -0.1) is 0 Å². The molecule has 1 atom stereocenters. The zero-order chi connectivity index (χ0) is 14.7. The van der Waals surface area contributed by atoms with Crippen LogP contribution in [0.2, 0.25) is 5.02 Å². The van der Waals surface area contributed by atoms with E-state index in [0.717, 1.165) is 36.6 Å². The van der Waals surface area contributed by atoms with Gasteiger partial charge in [-0.25, -0.2) is 0 Å². The summed E-state index contributed by atoms with van der Waals surface area (Å²) in [4.78, 5) is 7.01. The first kappa shape index (κ1) is 14.6. The lowest BCUT2D eigenvalue weighted by atomic mass is 10.0. The molecular formula is C17H22ClN3. The van der Waals surface area contributed by atoms with Crippen molar-refractivity contribution in [3.05, 3.63) is 35.5 Å². The number of fused-ring (bicyclic) bond motifs is 1. The van der Waals surface area contributed by atoms with Gasteiger partial charge in [-0.1, -0.05) is 18.5 Å². The Morgan fingerprint density at radius 1 is 1.38 bits per heavy atom. The van der Waals surface area contributed by atoms with E-state index >= 15 is 0 Å². The highest BCUT2D eigenvalue weighted by Crippen LogP contribution is 2.30. The number of hydrogen-bond donors (Lipinski definition) is 1. The van der Waals surface area contributed by atoms with E-state index in [1.807, 2.05) is 18.3 Å². The molecule has 0 aliphatic carbocycles. The molecular weight excluding hydrogens is 282 g/mol. The molecule has 21 heavy (non-hydrogen) atoms. The summed E-state index contributed by atoms with van der Waals surface area (Å²) in [6.07, 6.45) is 5.55. The Balaban J connectivity index is 2.02. The van der Waals surface area contributed by atoms with E-state index in [4.69, 9.17) is 11.6 Å². The zero-order valence-electron chi connectivity index (χ0n) is 12.5. The largest absolute Gasteiger partial charge is 0.367 e. The van der Waals surface area contributed by atoms with Crippen molar-refractivity contribution in [2.45, 2.75) is 32.2 Å². The molecule has 1 aromatic carbocycles. The minimum Gasteiger partial charge on any atom is -0.367 e. The fourth-order valence-electron chi connectivity index (χ4n) is 3.20. The zero-order valence-corrected chi connectivity index (χ0v) is 13.2. The number of pyridine rings is 1. The summed E-state index contributed by atoms with van der Waals surface area (Å²) < 4.78 is 0. The average molecular weight is 304 g/mol. The maximum atomic E-state index is 6.10. The van der Waals surface area contributed by atoms with Gasteiger partial charge in [0, 0.05) is 41.4 Å². The summed E-state index contributed by atoms with van der Waals surface area (Å²) in [6.45, 7) is 5.53. The van der Waals surface area contributed by atoms with Crippen molar-refractivity contribution in [2.75, 3.05) is 24.5 Å². The topological polar surface area (TPSA) is 28.2 Å². The second kappa shape index (κ2) is 6.63. The van der Waals surface area contributed by atoms with Crippen LogP contribution >= 0.6 is 11.6 Å².